The van der Waals surface area contributed by atoms with Crippen molar-refractivity contribution in [3.8, 4) is 0 Å². The molecule has 8 heteroatoms. The van der Waals surface area contributed by atoms with Gasteiger partial charge in [-0.05, 0) is 13.0 Å². The molecule has 7 nitrogen and oxygen atoms in total. The van der Waals surface area contributed by atoms with Crippen LogP contribution in [0.5, 0.6) is 0 Å². The summed E-state index contributed by atoms with van der Waals surface area (Å²) in [4.78, 5) is 17.3. The average Bonchev–Trinajstić information content (AvgIpc) is 2.94. The van der Waals surface area contributed by atoms with Crippen LogP contribution in [0.15, 0.2) is 17.3 Å². The quantitative estimate of drug-likeness (QED) is 0.335. The summed E-state index contributed by atoms with van der Waals surface area (Å²) >= 11 is 1.58. The molecule has 0 aliphatic carbocycles. The van der Waals surface area contributed by atoms with E-state index in [0.717, 1.165) is 17.0 Å². The van der Waals surface area contributed by atoms with Gasteiger partial charge in [-0.2, -0.15) is 0 Å². The molecule has 0 saturated carbocycles. The lowest BCUT2D eigenvalue weighted by molar-refractivity contribution is -0.134. The number of carboxylic acids is 1. The number of aliphatic hydroxyl groups is 1. The molecule has 24 heavy (non-hydrogen) atoms. The highest BCUT2D eigenvalue weighted by molar-refractivity contribution is 7.09. The van der Waals surface area contributed by atoms with Gasteiger partial charge >= 0.3 is 5.97 Å². The van der Waals surface area contributed by atoms with Crippen LogP contribution in [0.4, 0.5) is 0 Å². The van der Waals surface area contributed by atoms with E-state index in [1.165, 1.54) is 0 Å². The Kier molecular flexibility index (Phi) is 8.17. The fourth-order valence-corrected chi connectivity index (χ4v) is 2.55. The monoisotopic (exact) mass is 357 g/mol. The number of carboxylic acid groups (broad SMARTS) is 1. The van der Waals surface area contributed by atoms with Crippen LogP contribution in [0, 0.1) is 5.92 Å². The zero-order valence-electron chi connectivity index (χ0n) is 14.8. The Hall–Kier alpha value is -1.64. The van der Waals surface area contributed by atoms with Gasteiger partial charge in [-0.15, -0.1) is 11.3 Å². The third-order valence-electron chi connectivity index (χ3n) is 3.04. The van der Waals surface area contributed by atoms with Crippen molar-refractivity contribution in [1.82, 2.24) is 15.2 Å². The summed E-state index contributed by atoms with van der Waals surface area (Å²) in [5, 5.41) is 24.8. The summed E-state index contributed by atoms with van der Waals surface area (Å²) in [6.45, 7) is 8.87. The van der Waals surface area contributed by atoms with Crippen molar-refractivity contribution in [1.29, 1.82) is 0 Å². The molecule has 1 aromatic rings. The Morgan fingerprint density at radius 1 is 1.46 bits per heavy atom. The number of thiazole rings is 1. The molecular weight excluding hydrogens is 330 g/mol. The molecule has 1 unspecified atom stereocenters. The van der Waals surface area contributed by atoms with Crippen LogP contribution in [0.3, 0.4) is 0 Å². The molecule has 0 aliphatic heterocycles. The minimum atomic E-state index is -1.19. The number of hydrogen-bond donors (Lipinski definition) is 3. The van der Waals surface area contributed by atoms with Crippen molar-refractivity contribution in [2.24, 2.45) is 5.92 Å². The van der Waals surface area contributed by atoms with Crippen LogP contribution in [-0.2, 0) is 16.1 Å². The molecule has 0 amide bonds. The number of aliphatic hydroxyl groups excluding tert-OH is 1. The lowest BCUT2D eigenvalue weighted by Crippen LogP contribution is -2.44. The van der Waals surface area contributed by atoms with E-state index in [-0.39, 0.29) is 11.6 Å². The molecule has 0 bridgehead atoms. The smallest absolute Gasteiger partial charge is 0.355 e. The van der Waals surface area contributed by atoms with Crippen LogP contribution < -0.4 is 5.32 Å². The fourth-order valence-electron chi connectivity index (χ4n) is 1.72. The number of rotatable bonds is 10. The number of aromatic nitrogens is 1. The van der Waals surface area contributed by atoms with E-state index in [1.807, 2.05) is 19.2 Å². The van der Waals surface area contributed by atoms with E-state index in [9.17, 15) is 15.0 Å². The first-order chi connectivity index (χ1) is 11.2. The number of ether oxygens (including phenoxy) is 1. The maximum atomic E-state index is 11.2. The second-order valence-corrected chi connectivity index (χ2v) is 7.22. The summed E-state index contributed by atoms with van der Waals surface area (Å²) in [5.41, 5.74) is 0.639. The number of carbonyl (C=O) groups is 1. The van der Waals surface area contributed by atoms with E-state index < -0.39 is 12.3 Å². The molecule has 136 valence electrons. The predicted octanol–water partition coefficient (Wildman–Crippen LogP) is 2.16. The maximum absolute atomic E-state index is 11.2. The third-order valence-corrected chi connectivity index (χ3v) is 4.23. The van der Waals surface area contributed by atoms with Crippen molar-refractivity contribution in [2.45, 2.75) is 46.5 Å². The highest BCUT2D eigenvalue weighted by Gasteiger charge is 2.18. The fraction of sp³-hybridized carbons (Fsp3) is 0.625. The second kappa shape index (κ2) is 9.61. The second-order valence-electron chi connectivity index (χ2n) is 6.33. The number of nitrogens with one attached hydrogen (secondary N) is 1. The average molecular weight is 357 g/mol. The van der Waals surface area contributed by atoms with Gasteiger partial charge < -0.3 is 20.3 Å². The first-order valence-corrected chi connectivity index (χ1v) is 8.72. The Labute approximate surface area is 147 Å². The first kappa shape index (κ1) is 20.4. The Balaban J connectivity index is 2.62. The highest BCUT2D eigenvalue weighted by Crippen LogP contribution is 2.20. The third kappa shape index (κ3) is 6.86. The van der Waals surface area contributed by atoms with Crippen molar-refractivity contribution in [3.05, 3.63) is 28.0 Å². The lowest BCUT2D eigenvalue weighted by atomic mass is 10.2. The predicted molar refractivity (Wildman–Crippen MR) is 93.3 cm³/mol. The molecule has 3 N–H and O–H groups in total. The lowest BCUT2D eigenvalue weighted by Gasteiger charge is -2.24. The SMILES string of the molecule is CC(C)CO/C=C(/NC(O)N(C)Cc1csc(C(C)C)n1)C(=O)O. The van der Waals surface area contributed by atoms with Gasteiger partial charge in [0.15, 0.2) is 12.0 Å². The van der Waals surface area contributed by atoms with Gasteiger partial charge in [0, 0.05) is 17.8 Å². The van der Waals surface area contributed by atoms with Crippen molar-refractivity contribution in [3.63, 3.8) is 0 Å². The topological polar surface area (TPSA) is 94.9 Å². The number of hydrogen-bond acceptors (Lipinski definition) is 7. The van der Waals surface area contributed by atoms with Crippen molar-refractivity contribution in [2.75, 3.05) is 13.7 Å². The molecule has 0 radical (unpaired) electrons. The Bertz CT molecular complexity index is 557. The van der Waals surface area contributed by atoms with Gasteiger partial charge in [0.1, 0.15) is 6.26 Å². The van der Waals surface area contributed by atoms with Crippen molar-refractivity contribution >= 4 is 17.3 Å². The molecule has 1 atom stereocenters. The summed E-state index contributed by atoms with van der Waals surface area (Å²) in [6.07, 6.45) is -0.0433. The van der Waals surface area contributed by atoms with Gasteiger partial charge in [0.2, 0.25) is 0 Å². The molecule has 0 saturated heterocycles. The molecule has 1 rings (SSSR count). The normalized spacial score (nSPS) is 13.6. The summed E-state index contributed by atoms with van der Waals surface area (Å²) in [6, 6.07) is 0. The Morgan fingerprint density at radius 2 is 2.12 bits per heavy atom. The summed E-state index contributed by atoms with van der Waals surface area (Å²) < 4.78 is 5.20. The summed E-state index contributed by atoms with van der Waals surface area (Å²) in [7, 11) is 1.68. The molecule has 0 spiro atoms. The largest absolute Gasteiger partial charge is 0.498 e. The van der Waals surface area contributed by atoms with E-state index >= 15 is 0 Å². The van der Waals surface area contributed by atoms with Crippen LogP contribution in [0.1, 0.15) is 44.3 Å². The zero-order valence-corrected chi connectivity index (χ0v) is 15.6. The van der Waals surface area contributed by atoms with Crippen LogP contribution in [-0.4, -0.2) is 46.1 Å². The highest BCUT2D eigenvalue weighted by atomic mass is 32.1. The van der Waals surface area contributed by atoms with E-state index in [1.54, 1.807) is 23.3 Å². The maximum Gasteiger partial charge on any atom is 0.355 e. The van der Waals surface area contributed by atoms with Crippen LogP contribution in [0.25, 0.3) is 0 Å². The van der Waals surface area contributed by atoms with Gasteiger partial charge in [-0.1, -0.05) is 27.7 Å². The molecule has 0 fully saturated rings. The van der Waals surface area contributed by atoms with Gasteiger partial charge in [0.25, 0.3) is 0 Å². The van der Waals surface area contributed by atoms with E-state index in [2.05, 4.69) is 24.1 Å². The van der Waals surface area contributed by atoms with Gasteiger partial charge in [-0.3, -0.25) is 4.90 Å². The standard InChI is InChI=1S/C16H27N3O4S/c1-10(2)7-23-8-13(15(20)21)18-16(22)19(5)6-12-9-24-14(17-12)11(3)4/h8-11,16,18,22H,6-7H2,1-5H3,(H,20,21)/b13-8+. The minimum Gasteiger partial charge on any atom is -0.498 e. The molecule has 1 aromatic heterocycles. The van der Waals surface area contributed by atoms with Crippen molar-refractivity contribution < 1.29 is 19.7 Å². The molecular formula is C16H27N3O4S. The van der Waals surface area contributed by atoms with Crippen LogP contribution >= 0.6 is 11.3 Å². The van der Waals surface area contributed by atoms with E-state index in [0.29, 0.717) is 19.1 Å². The molecule has 0 aliphatic rings. The number of nitrogens with zero attached hydrogens (tertiary/aromatic N) is 2. The first-order valence-electron chi connectivity index (χ1n) is 7.84. The zero-order chi connectivity index (χ0) is 18.3. The summed E-state index contributed by atoms with van der Waals surface area (Å²) in [5.74, 6) is -0.553. The number of aliphatic carboxylic acids is 1. The van der Waals surface area contributed by atoms with Crippen LogP contribution in [0.2, 0.25) is 0 Å². The van der Waals surface area contributed by atoms with Gasteiger partial charge in [0.05, 0.1) is 17.3 Å². The Morgan fingerprint density at radius 3 is 2.62 bits per heavy atom. The molecule has 0 aromatic carbocycles. The van der Waals surface area contributed by atoms with Gasteiger partial charge in [-0.25, -0.2) is 9.78 Å². The van der Waals surface area contributed by atoms with E-state index in [4.69, 9.17) is 4.74 Å². The minimum absolute atomic E-state index is 0.198. The molecule has 1 heterocycles.